The molecule has 0 fully saturated rings. The van der Waals surface area contributed by atoms with Gasteiger partial charge in [0.25, 0.3) is 5.69 Å². The molecule has 0 heterocycles. The number of ketones is 1. The number of benzene rings is 1. The van der Waals surface area contributed by atoms with E-state index in [0.717, 1.165) is 19.1 Å². The summed E-state index contributed by atoms with van der Waals surface area (Å²) in [4.78, 5) is 20.8. The van der Waals surface area contributed by atoms with Gasteiger partial charge < -0.3 is 0 Å². The number of hydrogen-bond donors (Lipinski definition) is 0. The van der Waals surface area contributed by atoms with E-state index < -0.39 is 22.2 Å². The van der Waals surface area contributed by atoms with Crippen LogP contribution in [0.25, 0.3) is 0 Å². The molecule has 4 nitrogen and oxygen atoms in total. The van der Waals surface area contributed by atoms with Crippen LogP contribution in [-0.4, -0.2) is 10.7 Å². The Kier molecular flexibility index (Phi) is 2.95. The maximum absolute atomic E-state index is 12.8. The molecular formula is C8H5BrFNO3. The molecule has 0 saturated heterocycles. The van der Waals surface area contributed by atoms with E-state index in [1.54, 1.807) is 0 Å². The lowest BCUT2D eigenvalue weighted by atomic mass is 10.1. The molecule has 0 amide bonds. The molecule has 0 aliphatic carbocycles. The van der Waals surface area contributed by atoms with E-state index >= 15 is 0 Å². The van der Waals surface area contributed by atoms with E-state index in [-0.39, 0.29) is 10.0 Å². The molecule has 1 aromatic rings. The third-order valence-corrected chi connectivity index (χ3v) is 2.19. The number of nitrogens with zero attached hydrogens (tertiary/aromatic N) is 1. The van der Waals surface area contributed by atoms with Crippen LogP contribution in [0.2, 0.25) is 0 Å². The third kappa shape index (κ3) is 1.95. The molecular weight excluding hydrogens is 257 g/mol. The van der Waals surface area contributed by atoms with Gasteiger partial charge in [0, 0.05) is 0 Å². The van der Waals surface area contributed by atoms with Crippen LogP contribution < -0.4 is 0 Å². The molecule has 6 heteroatoms. The normalized spacial score (nSPS) is 9.93. The summed E-state index contributed by atoms with van der Waals surface area (Å²) in [5, 5.41) is 10.6. The number of rotatable bonds is 2. The van der Waals surface area contributed by atoms with Gasteiger partial charge in [-0.05, 0) is 35.0 Å². The van der Waals surface area contributed by atoms with Crippen molar-refractivity contribution in [3.8, 4) is 0 Å². The van der Waals surface area contributed by atoms with Crippen molar-refractivity contribution in [1.29, 1.82) is 0 Å². The van der Waals surface area contributed by atoms with Gasteiger partial charge in [-0.1, -0.05) is 0 Å². The lowest BCUT2D eigenvalue weighted by Crippen LogP contribution is -2.01. The summed E-state index contributed by atoms with van der Waals surface area (Å²) in [6, 6.07) is 1.80. The standard InChI is InChI=1S/C8H5BrFNO3/c1-4(12)6-2-5(10)3-7(9)8(6)11(13)14/h2-3H,1H3. The van der Waals surface area contributed by atoms with Crippen molar-refractivity contribution in [2.75, 3.05) is 0 Å². The topological polar surface area (TPSA) is 60.2 Å². The van der Waals surface area contributed by atoms with Crippen molar-refractivity contribution in [2.45, 2.75) is 6.92 Å². The molecule has 0 saturated carbocycles. The minimum Gasteiger partial charge on any atom is -0.294 e. The Balaban J connectivity index is 3.52. The summed E-state index contributed by atoms with van der Waals surface area (Å²) >= 11 is 2.83. The van der Waals surface area contributed by atoms with Crippen LogP contribution >= 0.6 is 15.9 Å². The van der Waals surface area contributed by atoms with Gasteiger partial charge in [-0.2, -0.15) is 0 Å². The predicted molar refractivity (Wildman–Crippen MR) is 50.8 cm³/mol. The summed E-state index contributed by atoms with van der Waals surface area (Å²) in [7, 11) is 0. The van der Waals surface area contributed by atoms with E-state index in [0.29, 0.717) is 0 Å². The summed E-state index contributed by atoms with van der Waals surface area (Å²) in [6.45, 7) is 1.15. The minimum atomic E-state index is -0.722. The maximum atomic E-state index is 12.8. The van der Waals surface area contributed by atoms with Gasteiger partial charge in [0.15, 0.2) is 5.78 Å². The first kappa shape index (κ1) is 10.8. The molecule has 0 spiro atoms. The molecule has 0 aliphatic heterocycles. The van der Waals surface area contributed by atoms with Gasteiger partial charge in [0.2, 0.25) is 0 Å². The Bertz CT molecular complexity index is 419. The molecule has 74 valence electrons. The molecule has 0 radical (unpaired) electrons. The Morgan fingerprint density at radius 3 is 2.57 bits per heavy atom. The van der Waals surface area contributed by atoms with Crippen LogP contribution in [0.4, 0.5) is 10.1 Å². The number of nitro benzene ring substituents is 1. The monoisotopic (exact) mass is 261 g/mol. The lowest BCUT2D eigenvalue weighted by Gasteiger charge is -2.01. The number of nitro groups is 1. The van der Waals surface area contributed by atoms with Crippen LogP contribution in [0.15, 0.2) is 16.6 Å². The molecule has 14 heavy (non-hydrogen) atoms. The fourth-order valence-electron chi connectivity index (χ4n) is 1.02. The predicted octanol–water partition coefficient (Wildman–Crippen LogP) is 2.70. The van der Waals surface area contributed by atoms with Crippen molar-refractivity contribution < 1.29 is 14.1 Å². The zero-order valence-electron chi connectivity index (χ0n) is 7.08. The SMILES string of the molecule is CC(=O)c1cc(F)cc(Br)c1[N+](=O)[O-]. The second-order valence-corrected chi connectivity index (χ2v) is 3.45. The van der Waals surface area contributed by atoms with E-state index in [9.17, 15) is 19.3 Å². The largest absolute Gasteiger partial charge is 0.294 e. The second kappa shape index (κ2) is 3.83. The number of Topliss-reactive ketones (excluding diaryl/α,β-unsaturated/α-hetero) is 1. The summed E-state index contributed by atoms with van der Waals surface area (Å²) < 4.78 is 12.8. The first-order valence-corrected chi connectivity index (χ1v) is 4.37. The van der Waals surface area contributed by atoms with E-state index in [4.69, 9.17) is 0 Å². The third-order valence-electron chi connectivity index (χ3n) is 1.59. The summed E-state index contributed by atoms with van der Waals surface area (Å²) in [6.07, 6.45) is 0. The zero-order valence-corrected chi connectivity index (χ0v) is 8.67. The van der Waals surface area contributed by atoms with Crippen LogP contribution in [0.5, 0.6) is 0 Å². The first-order valence-electron chi connectivity index (χ1n) is 3.58. The summed E-state index contributed by atoms with van der Waals surface area (Å²) in [5.41, 5.74) is -0.638. The Hall–Kier alpha value is -1.30. The minimum absolute atomic E-state index is 0.0345. The Labute approximate surface area is 87.0 Å². The zero-order chi connectivity index (χ0) is 10.9. The van der Waals surface area contributed by atoms with Gasteiger partial charge in [-0.15, -0.1) is 0 Å². The first-order chi connectivity index (χ1) is 6.43. The van der Waals surface area contributed by atoms with Crippen molar-refractivity contribution in [3.63, 3.8) is 0 Å². The fraction of sp³-hybridized carbons (Fsp3) is 0.125. The van der Waals surface area contributed by atoms with E-state index in [2.05, 4.69) is 15.9 Å². The molecule has 0 aliphatic rings. The Morgan fingerprint density at radius 1 is 1.57 bits per heavy atom. The molecule has 1 aromatic carbocycles. The van der Waals surface area contributed by atoms with Crippen molar-refractivity contribution >= 4 is 27.4 Å². The quantitative estimate of drug-likeness (QED) is 0.467. The summed E-state index contributed by atoms with van der Waals surface area (Å²) in [5.74, 6) is -1.23. The molecule has 1 rings (SSSR count). The van der Waals surface area contributed by atoms with Crippen LogP contribution in [0, 0.1) is 15.9 Å². The van der Waals surface area contributed by atoms with Gasteiger partial charge in [0.1, 0.15) is 5.82 Å². The Morgan fingerprint density at radius 2 is 2.14 bits per heavy atom. The highest BCUT2D eigenvalue weighted by Gasteiger charge is 2.22. The number of hydrogen-bond acceptors (Lipinski definition) is 3. The van der Waals surface area contributed by atoms with Crippen molar-refractivity contribution in [3.05, 3.63) is 38.1 Å². The van der Waals surface area contributed by atoms with Crippen LogP contribution in [0.3, 0.4) is 0 Å². The van der Waals surface area contributed by atoms with Crippen molar-refractivity contribution in [1.82, 2.24) is 0 Å². The van der Waals surface area contributed by atoms with E-state index in [1.165, 1.54) is 0 Å². The van der Waals surface area contributed by atoms with Gasteiger partial charge >= 0.3 is 0 Å². The number of halogens is 2. The molecule has 0 atom stereocenters. The highest BCUT2D eigenvalue weighted by molar-refractivity contribution is 9.10. The average Bonchev–Trinajstić information content (AvgIpc) is 2.01. The number of carbonyl (C=O) groups is 1. The molecule has 0 N–H and O–H groups in total. The highest BCUT2D eigenvalue weighted by atomic mass is 79.9. The number of carbonyl (C=O) groups excluding carboxylic acids is 1. The second-order valence-electron chi connectivity index (χ2n) is 2.60. The fourth-order valence-corrected chi connectivity index (χ4v) is 1.60. The van der Waals surface area contributed by atoms with Crippen molar-refractivity contribution in [2.24, 2.45) is 0 Å². The molecule has 0 unspecified atom stereocenters. The molecule has 0 bridgehead atoms. The van der Waals surface area contributed by atoms with Gasteiger partial charge in [-0.25, -0.2) is 4.39 Å². The van der Waals surface area contributed by atoms with Crippen LogP contribution in [-0.2, 0) is 0 Å². The molecule has 0 aromatic heterocycles. The average molecular weight is 262 g/mol. The maximum Gasteiger partial charge on any atom is 0.294 e. The van der Waals surface area contributed by atoms with E-state index in [1.807, 2.05) is 0 Å². The highest BCUT2D eigenvalue weighted by Crippen LogP contribution is 2.30. The van der Waals surface area contributed by atoms with Gasteiger partial charge in [0.05, 0.1) is 15.0 Å². The lowest BCUT2D eigenvalue weighted by molar-refractivity contribution is -0.386. The smallest absolute Gasteiger partial charge is 0.294 e. The van der Waals surface area contributed by atoms with Gasteiger partial charge in [-0.3, -0.25) is 14.9 Å². The van der Waals surface area contributed by atoms with Crippen LogP contribution in [0.1, 0.15) is 17.3 Å².